The molecule has 2 fully saturated rings. The Morgan fingerprint density at radius 2 is 2.06 bits per heavy atom. The van der Waals surface area contributed by atoms with Gasteiger partial charge in [-0.25, -0.2) is 4.79 Å². The van der Waals surface area contributed by atoms with E-state index in [1.165, 1.54) is 24.2 Å². The molecule has 2 saturated carbocycles. The van der Waals surface area contributed by atoms with Crippen LogP contribution in [0.15, 0.2) is 0 Å². The highest BCUT2D eigenvalue weighted by atomic mass is 19.4. The molecule has 3 unspecified atom stereocenters. The van der Waals surface area contributed by atoms with Gasteiger partial charge in [0.25, 0.3) is 0 Å². The first-order valence-corrected chi connectivity index (χ1v) is 6.41. The van der Waals surface area contributed by atoms with Crippen LogP contribution in [-0.4, -0.2) is 37.2 Å². The van der Waals surface area contributed by atoms with E-state index in [4.69, 9.17) is 0 Å². The zero-order chi connectivity index (χ0) is 13.3. The smallest absolute Gasteiger partial charge is 0.329 e. The van der Waals surface area contributed by atoms with Crippen LogP contribution in [0.3, 0.4) is 0 Å². The molecule has 2 aliphatic carbocycles. The molecule has 2 amide bonds. The second-order valence-electron chi connectivity index (χ2n) is 5.59. The van der Waals surface area contributed by atoms with Crippen LogP contribution in [0, 0.1) is 17.8 Å². The van der Waals surface area contributed by atoms with Crippen molar-refractivity contribution in [3.63, 3.8) is 0 Å². The second kappa shape index (κ2) is 4.97. The number of carbonyl (C=O) groups excluding carboxylic acids is 1. The van der Waals surface area contributed by atoms with Gasteiger partial charge in [-0.1, -0.05) is 6.42 Å². The third-order valence-corrected chi connectivity index (χ3v) is 4.18. The third-order valence-electron chi connectivity index (χ3n) is 4.18. The quantitative estimate of drug-likeness (QED) is 0.835. The summed E-state index contributed by atoms with van der Waals surface area (Å²) < 4.78 is 35.9. The highest BCUT2D eigenvalue weighted by molar-refractivity contribution is 5.73. The maximum Gasteiger partial charge on any atom is 0.405 e. The molecule has 2 aliphatic rings. The van der Waals surface area contributed by atoms with Crippen LogP contribution in [-0.2, 0) is 0 Å². The van der Waals surface area contributed by atoms with E-state index in [-0.39, 0.29) is 0 Å². The lowest BCUT2D eigenvalue weighted by molar-refractivity contribution is -0.123. The number of alkyl halides is 3. The predicted molar refractivity (Wildman–Crippen MR) is 61.0 cm³/mol. The van der Waals surface area contributed by atoms with Crippen LogP contribution in [0.4, 0.5) is 18.0 Å². The first kappa shape index (κ1) is 13.5. The average molecular weight is 264 g/mol. The number of rotatable bonds is 3. The minimum Gasteiger partial charge on any atom is -0.329 e. The Balaban J connectivity index is 1.74. The van der Waals surface area contributed by atoms with Gasteiger partial charge in [0.1, 0.15) is 6.54 Å². The number of urea groups is 1. The summed E-state index contributed by atoms with van der Waals surface area (Å²) in [6.07, 6.45) is 0.519. The van der Waals surface area contributed by atoms with Crippen LogP contribution in [0.2, 0.25) is 0 Å². The number of carbonyl (C=O) groups is 1. The van der Waals surface area contributed by atoms with Crippen molar-refractivity contribution in [3.05, 3.63) is 0 Å². The van der Waals surface area contributed by atoms with Crippen LogP contribution < -0.4 is 5.32 Å². The average Bonchev–Trinajstić information content (AvgIpc) is 2.86. The van der Waals surface area contributed by atoms with E-state index in [1.807, 2.05) is 5.32 Å². The summed E-state index contributed by atoms with van der Waals surface area (Å²) >= 11 is 0. The summed E-state index contributed by atoms with van der Waals surface area (Å²) in [6.45, 7) is -0.683. The number of halogens is 3. The molecule has 0 radical (unpaired) electrons. The molecular weight excluding hydrogens is 245 g/mol. The lowest BCUT2D eigenvalue weighted by Gasteiger charge is -2.27. The molecule has 0 aromatic heterocycles. The standard InChI is InChI=1S/C12H19F3N2O/c1-17(11(18)16-7-12(13,14)15)6-10-5-8-2-3-9(10)4-8/h8-10H,2-7H2,1H3,(H,16,18). The molecule has 2 bridgehead atoms. The molecule has 6 heteroatoms. The highest BCUT2D eigenvalue weighted by Crippen LogP contribution is 2.48. The number of nitrogens with one attached hydrogen (secondary N) is 1. The lowest BCUT2D eigenvalue weighted by Crippen LogP contribution is -2.44. The van der Waals surface area contributed by atoms with Crippen LogP contribution >= 0.6 is 0 Å². The van der Waals surface area contributed by atoms with Crippen LogP contribution in [0.1, 0.15) is 25.7 Å². The van der Waals surface area contributed by atoms with Crippen molar-refractivity contribution >= 4 is 6.03 Å². The van der Waals surface area contributed by atoms with Crippen LogP contribution in [0.25, 0.3) is 0 Å². The van der Waals surface area contributed by atoms with E-state index in [2.05, 4.69) is 0 Å². The Bertz CT molecular complexity index is 319. The normalized spacial score (nSPS) is 30.6. The summed E-state index contributed by atoms with van der Waals surface area (Å²) in [4.78, 5) is 12.9. The van der Waals surface area contributed by atoms with E-state index < -0.39 is 18.8 Å². The maximum absolute atomic E-state index is 12.0. The van der Waals surface area contributed by atoms with Gasteiger partial charge in [-0.05, 0) is 37.0 Å². The Hall–Kier alpha value is -0.940. The number of fused-ring (bicyclic) bond motifs is 2. The zero-order valence-corrected chi connectivity index (χ0v) is 10.5. The van der Waals surface area contributed by atoms with Gasteiger partial charge < -0.3 is 10.2 Å². The van der Waals surface area contributed by atoms with Crippen molar-refractivity contribution in [2.24, 2.45) is 17.8 Å². The Morgan fingerprint density at radius 3 is 2.56 bits per heavy atom. The SMILES string of the molecule is CN(CC1CC2CCC1C2)C(=O)NCC(F)(F)F. The third kappa shape index (κ3) is 3.29. The fourth-order valence-electron chi connectivity index (χ4n) is 3.35. The van der Waals surface area contributed by atoms with E-state index in [9.17, 15) is 18.0 Å². The van der Waals surface area contributed by atoms with Crippen molar-refractivity contribution in [2.75, 3.05) is 20.1 Å². The van der Waals surface area contributed by atoms with Gasteiger partial charge in [-0.3, -0.25) is 0 Å². The van der Waals surface area contributed by atoms with Gasteiger partial charge in [0, 0.05) is 13.6 Å². The number of hydrogen-bond acceptors (Lipinski definition) is 1. The molecule has 3 nitrogen and oxygen atoms in total. The summed E-state index contributed by atoms with van der Waals surface area (Å²) in [6, 6.07) is -0.630. The topological polar surface area (TPSA) is 32.3 Å². The fourth-order valence-corrected chi connectivity index (χ4v) is 3.35. The summed E-state index contributed by atoms with van der Waals surface area (Å²) in [5, 5.41) is 1.90. The Labute approximate surface area is 105 Å². The molecule has 0 aromatic carbocycles. The predicted octanol–water partition coefficient (Wildman–Crippen LogP) is 2.63. The summed E-state index contributed by atoms with van der Waals surface area (Å²) in [5.74, 6) is 1.94. The molecule has 3 atom stereocenters. The fraction of sp³-hybridized carbons (Fsp3) is 0.917. The van der Waals surface area contributed by atoms with Gasteiger partial charge in [0.2, 0.25) is 0 Å². The van der Waals surface area contributed by atoms with E-state index >= 15 is 0 Å². The van der Waals surface area contributed by atoms with Crippen molar-refractivity contribution < 1.29 is 18.0 Å². The van der Waals surface area contributed by atoms with Crippen molar-refractivity contribution in [3.8, 4) is 0 Å². The number of nitrogens with zero attached hydrogens (tertiary/aromatic N) is 1. The van der Waals surface area contributed by atoms with Crippen molar-refractivity contribution in [2.45, 2.75) is 31.9 Å². The molecule has 1 N–H and O–H groups in total. The minimum absolute atomic E-state index is 0.477. The molecule has 2 rings (SSSR count). The first-order chi connectivity index (χ1) is 8.35. The van der Waals surface area contributed by atoms with Crippen LogP contribution in [0.5, 0.6) is 0 Å². The molecule has 0 saturated heterocycles. The first-order valence-electron chi connectivity index (χ1n) is 6.41. The summed E-state index contributed by atoms with van der Waals surface area (Å²) in [5.41, 5.74) is 0. The monoisotopic (exact) mass is 264 g/mol. The molecule has 0 aliphatic heterocycles. The second-order valence-corrected chi connectivity index (χ2v) is 5.59. The van der Waals surface area contributed by atoms with Gasteiger partial charge in [0.05, 0.1) is 0 Å². The number of amides is 2. The molecule has 0 spiro atoms. The largest absolute Gasteiger partial charge is 0.405 e. The lowest BCUT2D eigenvalue weighted by atomic mass is 9.88. The van der Waals surface area contributed by atoms with Gasteiger partial charge in [-0.2, -0.15) is 13.2 Å². The molecular formula is C12H19F3N2O. The molecule has 0 heterocycles. The van der Waals surface area contributed by atoms with E-state index in [0.717, 1.165) is 12.3 Å². The molecule has 18 heavy (non-hydrogen) atoms. The zero-order valence-electron chi connectivity index (χ0n) is 10.5. The van der Waals surface area contributed by atoms with Gasteiger partial charge in [0.15, 0.2) is 0 Å². The van der Waals surface area contributed by atoms with Gasteiger partial charge in [-0.15, -0.1) is 0 Å². The van der Waals surface area contributed by atoms with E-state index in [1.54, 1.807) is 7.05 Å². The Kier molecular flexibility index (Phi) is 3.73. The molecule has 104 valence electrons. The van der Waals surface area contributed by atoms with Crippen molar-refractivity contribution in [1.82, 2.24) is 10.2 Å². The van der Waals surface area contributed by atoms with Crippen molar-refractivity contribution in [1.29, 1.82) is 0 Å². The molecule has 0 aromatic rings. The Morgan fingerprint density at radius 1 is 1.33 bits per heavy atom. The summed E-state index contributed by atoms with van der Waals surface area (Å²) in [7, 11) is 1.57. The van der Waals surface area contributed by atoms with Gasteiger partial charge >= 0.3 is 12.2 Å². The highest BCUT2D eigenvalue weighted by Gasteiger charge is 2.40. The van der Waals surface area contributed by atoms with E-state index in [0.29, 0.717) is 18.4 Å². The minimum atomic E-state index is -4.34. The maximum atomic E-state index is 12.0. The number of hydrogen-bond donors (Lipinski definition) is 1.